The molecule has 7 aliphatic heterocycles. The van der Waals surface area contributed by atoms with Crippen molar-refractivity contribution in [3.8, 4) is 0 Å². The van der Waals surface area contributed by atoms with E-state index in [1.807, 2.05) is 6.92 Å². The van der Waals surface area contributed by atoms with E-state index in [4.69, 9.17) is 66.3 Å². The molecule has 586 valence electrons. The molecule has 12 aliphatic rings. The van der Waals surface area contributed by atoms with Gasteiger partial charge in [0.1, 0.15) is 122 Å². The fourth-order valence-electron chi connectivity index (χ4n) is 19.9. The highest BCUT2D eigenvalue weighted by Crippen LogP contribution is 2.76. The van der Waals surface area contributed by atoms with E-state index in [9.17, 15) is 97.0 Å². The maximum Gasteiger partial charge on any atom is 0.315 e. The van der Waals surface area contributed by atoms with E-state index in [1.165, 1.54) is 13.8 Å². The van der Waals surface area contributed by atoms with Gasteiger partial charge in [0.15, 0.2) is 43.8 Å². The molecule has 40 atom stereocenters. The van der Waals surface area contributed by atoms with Crippen LogP contribution in [-0.4, -0.2) is 345 Å². The molecule has 102 heavy (non-hydrogen) atoms. The van der Waals surface area contributed by atoms with E-state index in [1.54, 1.807) is 0 Å². The average molecular weight is 1470 g/mol. The summed E-state index contributed by atoms with van der Waals surface area (Å²) in [6.45, 7) is 11.2. The number of aliphatic hydroxyl groups excluding tert-OH is 18. The van der Waals surface area contributed by atoms with Gasteiger partial charge in [-0.1, -0.05) is 53.2 Å². The van der Waals surface area contributed by atoms with Crippen LogP contribution < -0.4 is 0 Å². The summed E-state index contributed by atoms with van der Waals surface area (Å²) < 4.78 is 83.9. The van der Waals surface area contributed by atoms with Crippen LogP contribution in [0.3, 0.4) is 0 Å². The summed E-state index contributed by atoms with van der Waals surface area (Å²) in [4.78, 5) is 15.7. The zero-order chi connectivity index (χ0) is 74.2. The van der Waals surface area contributed by atoms with Gasteiger partial charge in [-0.25, -0.2) is 0 Å². The molecule has 0 unspecified atom stereocenters. The van der Waals surface area contributed by atoms with Crippen molar-refractivity contribution in [2.45, 2.75) is 309 Å². The van der Waals surface area contributed by atoms with Gasteiger partial charge in [-0.15, -0.1) is 0 Å². The van der Waals surface area contributed by atoms with Crippen molar-refractivity contribution in [2.24, 2.45) is 50.2 Å². The number of esters is 1. The van der Waals surface area contributed by atoms with Crippen LogP contribution in [0.1, 0.15) is 113 Å². The van der Waals surface area contributed by atoms with Crippen molar-refractivity contribution in [3.63, 3.8) is 0 Å². The largest absolute Gasteiger partial charge is 0.432 e. The number of carbonyl (C=O) groups excluding carboxylic acids is 1. The zero-order valence-corrected chi connectivity index (χ0v) is 58.6. The Kier molecular flexibility index (Phi) is 23.1. The molecular weight excluding hydrogens is 1360 g/mol. The molecule has 7 saturated heterocycles. The van der Waals surface area contributed by atoms with E-state index in [-0.39, 0.29) is 23.7 Å². The molecule has 0 radical (unpaired) electrons. The number of hydrogen-bond acceptors (Lipinski definition) is 34. The minimum Gasteiger partial charge on any atom is -0.432 e. The molecule has 34 heteroatoms. The lowest BCUT2D eigenvalue weighted by atomic mass is 9.33. The van der Waals surface area contributed by atoms with Crippen molar-refractivity contribution in [3.05, 3.63) is 11.6 Å². The topological polar surface area (TPSA) is 531 Å². The first-order valence-corrected chi connectivity index (χ1v) is 35.9. The van der Waals surface area contributed by atoms with Crippen LogP contribution in [0.4, 0.5) is 0 Å². The molecule has 0 aromatic rings. The molecule has 0 spiro atoms. The van der Waals surface area contributed by atoms with E-state index in [0.717, 1.165) is 5.57 Å². The van der Waals surface area contributed by atoms with Crippen molar-refractivity contribution < 1.29 is 168 Å². The van der Waals surface area contributed by atoms with Crippen molar-refractivity contribution in [1.29, 1.82) is 0 Å². The molecule has 4 saturated carbocycles. The first kappa shape index (κ1) is 79.5. The van der Waals surface area contributed by atoms with Crippen LogP contribution in [0.2, 0.25) is 0 Å². The SMILES string of the molecule is C[C@@H]1O[C@@H](O[C@@H]2[C@@H](O)[C@H](O[C@@H]3[C@@H](O[C@@H]4OC[C@](O)(CO)[C@H]4O)[C@@H](O)[C@H](O[C@H]4[C@H](OC(=O)[C@]56CCC(C)(C)C[C@H]5C5=CC[C@@H]7[C@@]8(C)C[C@H](O)[C@H](O[C@@H]9O[C@H](CO)[C@@H](O)[C@H](O[C@@H]%10OC[C@@H](O)[C@H](O)[C@H]%10O)[C@H]9O)[C@@](C)(CO)[C@@H]8CC[C@@]7(C)[C@]5(C)CC6)OC[C@H](O)[C@@H]4O)O[C@H]3C)OC[C@H]2O)[C@H](O)[C@H](O)[C@H]1O. The van der Waals surface area contributed by atoms with E-state index in [0.29, 0.717) is 51.4 Å². The summed E-state index contributed by atoms with van der Waals surface area (Å²) in [6.07, 6.45) is -45.0. The molecule has 0 aromatic heterocycles. The Balaban J connectivity index is 0.771. The second-order valence-electron chi connectivity index (χ2n) is 33.0. The van der Waals surface area contributed by atoms with Crippen molar-refractivity contribution in [2.75, 3.05) is 46.2 Å². The molecule has 0 bridgehead atoms. The summed E-state index contributed by atoms with van der Waals surface area (Å²) in [6, 6.07) is 0. The number of aliphatic hydroxyl groups is 19. The predicted molar refractivity (Wildman–Crippen MR) is 337 cm³/mol. The Morgan fingerprint density at radius 3 is 1.72 bits per heavy atom. The fourth-order valence-corrected chi connectivity index (χ4v) is 19.9. The first-order valence-electron chi connectivity index (χ1n) is 35.9. The molecule has 12 rings (SSSR count). The Labute approximate surface area is 589 Å². The highest BCUT2D eigenvalue weighted by molar-refractivity contribution is 5.79. The van der Waals surface area contributed by atoms with Crippen LogP contribution in [0.5, 0.6) is 0 Å². The summed E-state index contributed by atoms with van der Waals surface area (Å²) in [5.74, 6) is -1.50. The molecular formula is C68H110O34. The fraction of sp³-hybridized carbons (Fsp3) is 0.956. The maximum absolute atomic E-state index is 15.7. The molecule has 5 aliphatic carbocycles. The summed E-state index contributed by atoms with van der Waals surface area (Å²) >= 11 is 0. The molecule has 0 amide bonds. The van der Waals surface area contributed by atoms with Gasteiger partial charge in [-0.2, -0.15) is 0 Å². The van der Waals surface area contributed by atoms with E-state index >= 15 is 4.79 Å². The van der Waals surface area contributed by atoms with Crippen LogP contribution in [-0.2, 0) is 71.1 Å². The standard InChI is InChI=1S/C68H110O34/c1-26-37(76)41(80)43(82)56(93-26)97-48-33(75)22-90-55(44(48)83)96-47-27(2)94-57(46(85)50(47)99-60-52(86)68(88,24-71)25-92-60)100-51-39(78)32(74)21-91-59(51)102-61(87)67-15-13-62(3,4)17-29(67)28-9-10-36-63(5)18-30(72)53(64(6,23-70)35(63)11-12-66(36,8)65(28,7)14-16-67)101-58-45(84)49(40(79)34(19-69)95-58)98-54-42(81)38(77)31(73)20-89-54/h9,26-27,29-60,69-86,88H,10-25H2,1-8H3/t26-,27-,29-,30-,31+,32-,33+,34+,35+,36+,37-,38-,39-,40+,41+,42+,43+,44+,45+,46+,47-,48-,49-,50-,51+,52-,53-,54-,55-,56-,57-,58-,59-,60-,63-,64-,65+,66+,67-,68+/m0/s1. The molecule has 0 aromatic carbocycles. The van der Waals surface area contributed by atoms with Gasteiger partial charge in [0, 0.05) is 5.41 Å². The smallest absolute Gasteiger partial charge is 0.315 e. The second-order valence-corrected chi connectivity index (χ2v) is 33.0. The molecule has 11 fully saturated rings. The average Bonchev–Trinajstić information content (AvgIpc) is 0.746. The lowest BCUT2D eigenvalue weighted by molar-refractivity contribution is -0.387. The number of carbonyl (C=O) groups is 1. The highest BCUT2D eigenvalue weighted by atomic mass is 16.8. The van der Waals surface area contributed by atoms with Crippen LogP contribution in [0, 0.1) is 50.2 Å². The minimum absolute atomic E-state index is 0.120. The summed E-state index contributed by atoms with van der Waals surface area (Å²) in [5.41, 5.74) is -5.54. The summed E-state index contributed by atoms with van der Waals surface area (Å²) in [5, 5.41) is 211. The van der Waals surface area contributed by atoms with Gasteiger partial charge in [-0.05, 0) is 111 Å². The van der Waals surface area contributed by atoms with Gasteiger partial charge in [0.25, 0.3) is 0 Å². The predicted octanol–water partition coefficient (Wildman–Crippen LogP) is -6.01. The van der Waals surface area contributed by atoms with Gasteiger partial charge in [-0.3, -0.25) is 4.79 Å². The Bertz CT molecular complexity index is 2920. The molecule has 34 nitrogen and oxygen atoms in total. The van der Waals surface area contributed by atoms with Crippen molar-refractivity contribution in [1.82, 2.24) is 0 Å². The number of allylic oxidation sites excluding steroid dienone is 2. The number of fused-ring (bicyclic) bond motifs is 7. The minimum atomic E-state index is -2.24. The lowest BCUT2D eigenvalue weighted by Gasteiger charge is -2.72. The third-order valence-electron chi connectivity index (χ3n) is 26.3. The molecule has 19 N–H and O–H groups in total. The Hall–Kier alpha value is -2.07. The van der Waals surface area contributed by atoms with Crippen LogP contribution in [0.25, 0.3) is 0 Å². The lowest BCUT2D eigenvalue weighted by Crippen LogP contribution is -2.70. The zero-order valence-electron chi connectivity index (χ0n) is 58.6. The first-order chi connectivity index (χ1) is 47.9. The third-order valence-corrected chi connectivity index (χ3v) is 26.3. The normalized spacial score (nSPS) is 55.6. The highest BCUT2D eigenvalue weighted by Gasteiger charge is 2.72. The number of hydrogen-bond donors (Lipinski definition) is 19. The van der Waals surface area contributed by atoms with Crippen LogP contribution in [0.15, 0.2) is 11.6 Å². The van der Waals surface area contributed by atoms with Gasteiger partial charge in [0.05, 0.1) is 76.1 Å². The third kappa shape index (κ3) is 13.5. The van der Waals surface area contributed by atoms with Crippen molar-refractivity contribution >= 4 is 5.97 Å². The van der Waals surface area contributed by atoms with Crippen LogP contribution >= 0.6 is 0 Å². The Morgan fingerprint density at radius 1 is 0.490 bits per heavy atom. The molecule has 7 heterocycles. The van der Waals surface area contributed by atoms with Gasteiger partial charge in [0.2, 0.25) is 6.29 Å². The van der Waals surface area contributed by atoms with Gasteiger partial charge < -0.3 is 163 Å². The quantitative estimate of drug-likeness (QED) is 0.0366. The van der Waals surface area contributed by atoms with Gasteiger partial charge >= 0.3 is 5.97 Å². The monoisotopic (exact) mass is 1470 g/mol. The number of ether oxygens (including phenoxy) is 14. The number of rotatable bonds is 17. The maximum atomic E-state index is 15.7. The summed E-state index contributed by atoms with van der Waals surface area (Å²) in [7, 11) is 0. The van der Waals surface area contributed by atoms with E-state index in [2.05, 4.69) is 40.7 Å². The Morgan fingerprint density at radius 2 is 1.05 bits per heavy atom. The second kappa shape index (κ2) is 29.6. The van der Waals surface area contributed by atoms with E-state index < -0.39 is 281 Å².